The monoisotopic (exact) mass is 450 g/mol. The molecule has 0 saturated heterocycles. The Morgan fingerprint density at radius 3 is 1.27 bits per heavy atom. The molecule has 4 aromatic carbocycles. The van der Waals surface area contributed by atoms with Crippen LogP contribution in [0, 0.1) is 0 Å². The summed E-state index contributed by atoms with van der Waals surface area (Å²) in [6, 6.07) is 37.6. The topological polar surface area (TPSA) is 0 Å². The molecule has 0 atom stereocenters. The van der Waals surface area contributed by atoms with Crippen molar-refractivity contribution in [3.63, 3.8) is 0 Å². The zero-order chi connectivity index (χ0) is 23.6. The van der Waals surface area contributed by atoms with Gasteiger partial charge in [-0.1, -0.05) is 153 Å². The SMILES string of the molecule is CC(C)(C)P(c1ccccc1-c1c(-c2ccccc2)cccc1-c1ccccc1)C(C)(C)C. The molecule has 0 saturated carbocycles. The number of benzene rings is 4. The average Bonchev–Trinajstić information content (AvgIpc) is 2.78. The van der Waals surface area contributed by atoms with Crippen LogP contribution >= 0.6 is 7.92 Å². The molecule has 1 heteroatoms. The number of rotatable bonds is 4. The first-order valence-corrected chi connectivity index (χ1v) is 13.2. The summed E-state index contributed by atoms with van der Waals surface area (Å²) in [7, 11) is -0.445. The lowest BCUT2D eigenvalue weighted by atomic mass is 9.87. The lowest BCUT2D eigenvalue weighted by Gasteiger charge is -2.43. The highest BCUT2D eigenvalue weighted by atomic mass is 31.1. The third-order valence-electron chi connectivity index (χ3n) is 5.99. The Hall–Kier alpha value is -2.69. The average molecular weight is 451 g/mol. The van der Waals surface area contributed by atoms with Gasteiger partial charge in [0.25, 0.3) is 0 Å². The molecule has 0 radical (unpaired) electrons. The van der Waals surface area contributed by atoms with Gasteiger partial charge in [-0.15, -0.1) is 0 Å². The van der Waals surface area contributed by atoms with E-state index < -0.39 is 7.92 Å². The first-order valence-electron chi connectivity index (χ1n) is 11.8. The third kappa shape index (κ3) is 4.97. The van der Waals surface area contributed by atoms with Crippen LogP contribution in [0.3, 0.4) is 0 Å². The van der Waals surface area contributed by atoms with E-state index >= 15 is 0 Å². The maximum atomic E-state index is 2.40. The smallest absolute Gasteiger partial charge is 0.00204 e. The van der Waals surface area contributed by atoms with Crippen molar-refractivity contribution in [1.82, 2.24) is 0 Å². The van der Waals surface area contributed by atoms with E-state index in [-0.39, 0.29) is 10.3 Å². The summed E-state index contributed by atoms with van der Waals surface area (Å²) in [6.45, 7) is 14.4. The maximum absolute atomic E-state index is 2.40. The van der Waals surface area contributed by atoms with E-state index in [9.17, 15) is 0 Å². The summed E-state index contributed by atoms with van der Waals surface area (Å²) < 4.78 is 0. The van der Waals surface area contributed by atoms with E-state index in [2.05, 4.69) is 145 Å². The summed E-state index contributed by atoms with van der Waals surface area (Å²) in [5, 5.41) is 1.88. The standard InChI is InChI=1S/C32H35P/c1-31(2,3)33(32(4,5)6)29-23-14-13-20-28(29)30-26(24-16-9-7-10-17-24)21-15-22-27(30)25-18-11-8-12-19-25/h7-23H,1-6H3. The van der Waals surface area contributed by atoms with Crippen LogP contribution in [0.2, 0.25) is 0 Å². The fourth-order valence-corrected chi connectivity index (χ4v) is 9.29. The van der Waals surface area contributed by atoms with E-state index in [0.717, 1.165) is 0 Å². The Kier molecular flexibility index (Phi) is 6.60. The quantitative estimate of drug-likeness (QED) is 0.272. The van der Waals surface area contributed by atoms with Gasteiger partial charge in [0.15, 0.2) is 0 Å². The molecule has 0 nitrogen and oxygen atoms in total. The first-order chi connectivity index (χ1) is 15.7. The van der Waals surface area contributed by atoms with Crippen LogP contribution in [-0.4, -0.2) is 10.3 Å². The normalized spacial score (nSPS) is 12.2. The van der Waals surface area contributed by atoms with Crippen molar-refractivity contribution in [2.45, 2.75) is 51.9 Å². The highest BCUT2D eigenvalue weighted by molar-refractivity contribution is 7.68. The summed E-state index contributed by atoms with van der Waals surface area (Å²) in [5.41, 5.74) is 7.81. The van der Waals surface area contributed by atoms with Crippen LogP contribution in [0.1, 0.15) is 41.5 Å². The van der Waals surface area contributed by atoms with E-state index in [1.165, 1.54) is 38.7 Å². The predicted octanol–water partition coefficient (Wildman–Crippen LogP) is 9.39. The fourth-order valence-electron chi connectivity index (χ4n) is 5.17. The molecule has 0 bridgehead atoms. The first kappa shape index (κ1) is 23.5. The molecular formula is C32H35P. The molecule has 0 aliphatic rings. The van der Waals surface area contributed by atoms with Crippen LogP contribution in [0.4, 0.5) is 0 Å². The van der Waals surface area contributed by atoms with E-state index in [1.54, 1.807) is 0 Å². The Morgan fingerprint density at radius 1 is 0.424 bits per heavy atom. The second kappa shape index (κ2) is 9.28. The predicted molar refractivity (Wildman–Crippen MR) is 149 cm³/mol. The van der Waals surface area contributed by atoms with Crippen molar-refractivity contribution >= 4 is 13.2 Å². The van der Waals surface area contributed by atoms with Gasteiger partial charge in [-0.3, -0.25) is 0 Å². The minimum atomic E-state index is -0.445. The van der Waals surface area contributed by atoms with E-state index in [1.807, 2.05) is 0 Å². The molecule has 0 spiro atoms. The third-order valence-corrected chi connectivity index (χ3v) is 9.55. The molecule has 0 aromatic heterocycles. The van der Waals surface area contributed by atoms with Gasteiger partial charge in [-0.2, -0.15) is 0 Å². The van der Waals surface area contributed by atoms with Crippen LogP contribution in [0.5, 0.6) is 0 Å². The number of hydrogen-bond donors (Lipinski definition) is 0. The Labute approximate surface area is 201 Å². The van der Waals surface area contributed by atoms with E-state index in [0.29, 0.717) is 0 Å². The summed E-state index contributed by atoms with van der Waals surface area (Å²) in [6.07, 6.45) is 0. The highest BCUT2D eigenvalue weighted by Gasteiger charge is 2.37. The molecule has 0 N–H and O–H groups in total. The molecule has 0 amide bonds. The molecule has 0 unspecified atom stereocenters. The molecule has 33 heavy (non-hydrogen) atoms. The van der Waals surface area contributed by atoms with Gasteiger partial charge in [0.2, 0.25) is 0 Å². The van der Waals surface area contributed by atoms with Crippen molar-refractivity contribution in [1.29, 1.82) is 0 Å². The lowest BCUT2D eigenvalue weighted by molar-refractivity contribution is 0.715. The van der Waals surface area contributed by atoms with Crippen LogP contribution in [0.15, 0.2) is 103 Å². The molecule has 0 aliphatic heterocycles. The molecule has 0 fully saturated rings. The van der Waals surface area contributed by atoms with Crippen LogP contribution in [-0.2, 0) is 0 Å². The zero-order valence-electron chi connectivity index (χ0n) is 20.8. The van der Waals surface area contributed by atoms with Crippen molar-refractivity contribution in [3.8, 4) is 33.4 Å². The minimum absolute atomic E-state index is 0.193. The number of hydrogen-bond acceptors (Lipinski definition) is 0. The van der Waals surface area contributed by atoms with Crippen molar-refractivity contribution in [3.05, 3.63) is 103 Å². The summed E-state index contributed by atoms with van der Waals surface area (Å²) >= 11 is 0. The maximum Gasteiger partial charge on any atom is -0.00204 e. The van der Waals surface area contributed by atoms with Gasteiger partial charge in [-0.05, 0) is 49.0 Å². The van der Waals surface area contributed by atoms with Gasteiger partial charge in [0.05, 0.1) is 0 Å². The van der Waals surface area contributed by atoms with E-state index in [4.69, 9.17) is 0 Å². The fraction of sp³-hybridized carbons (Fsp3) is 0.250. The van der Waals surface area contributed by atoms with Gasteiger partial charge >= 0.3 is 0 Å². The second-order valence-corrected chi connectivity index (χ2v) is 14.5. The Balaban J connectivity index is 2.08. The summed E-state index contributed by atoms with van der Waals surface area (Å²) in [4.78, 5) is 0. The van der Waals surface area contributed by atoms with Gasteiger partial charge < -0.3 is 0 Å². The van der Waals surface area contributed by atoms with Crippen molar-refractivity contribution in [2.24, 2.45) is 0 Å². The highest BCUT2D eigenvalue weighted by Crippen LogP contribution is 2.60. The minimum Gasteiger partial charge on any atom is -0.0636 e. The van der Waals surface area contributed by atoms with Crippen molar-refractivity contribution < 1.29 is 0 Å². The van der Waals surface area contributed by atoms with Gasteiger partial charge in [0.1, 0.15) is 0 Å². The lowest BCUT2D eigenvalue weighted by Crippen LogP contribution is -2.32. The largest absolute Gasteiger partial charge is 0.0636 e. The second-order valence-electron chi connectivity index (χ2n) is 10.7. The molecular weight excluding hydrogens is 415 g/mol. The van der Waals surface area contributed by atoms with Crippen LogP contribution in [0.25, 0.3) is 33.4 Å². The molecule has 4 aromatic rings. The molecule has 168 valence electrons. The van der Waals surface area contributed by atoms with Crippen LogP contribution < -0.4 is 5.30 Å². The van der Waals surface area contributed by atoms with Gasteiger partial charge in [-0.25, -0.2) is 0 Å². The molecule has 0 aliphatic carbocycles. The summed E-state index contributed by atoms with van der Waals surface area (Å²) in [5.74, 6) is 0. The Bertz CT molecular complexity index is 1140. The molecule has 0 heterocycles. The Morgan fingerprint density at radius 2 is 0.818 bits per heavy atom. The van der Waals surface area contributed by atoms with Crippen molar-refractivity contribution in [2.75, 3.05) is 0 Å². The zero-order valence-corrected chi connectivity index (χ0v) is 21.7. The van der Waals surface area contributed by atoms with Gasteiger partial charge in [0, 0.05) is 0 Å². The molecule has 4 rings (SSSR count).